The molecule has 1 aromatic carbocycles. The highest BCUT2D eigenvalue weighted by atomic mass is 16.5. The van der Waals surface area contributed by atoms with Crippen LogP contribution < -0.4 is 0 Å². The lowest BCUT2D eigenvalue weighted by Crippen LogP contribution is -2.40. The molecular formula is C18H18N2O5. The number of hydrogen-bond acceptors (Lipinski definition) is 5. The van der Waals surface area contributed by atoms with E-state index >= 15 is 0 Å². The summed E-state index contributed by atoms with van der Waals surface area (Å²) >= 11 is 0. The van der Waals surface area contributed by atoms with Crippen molar-refractivity contribution in [3.63, 3.8) is 0 Å². The molecule has 1 aliphatic heterocycles. The molecule has 7 heteroatoms. The van der Waals surface area contributed by atoms with E-state index in [1.54, 1.807) is 17.9 Å². The molecule has 0 radical (unpaired) electrons. The van der Waals surface area contributed by atoms with Gasteiger partial charge in [-0.3, -0.25) is 4.79 Å². The lowest BCUT2D eigenvalue weighted by Gasteiger charge is -2.25. The van der Waals surface area contributed by atoms with Crippen LogP contribution in [-0.2, 0) is 9.47 Å². The number of fused-ring (bicyclic) bond motifs is 3. The monoisotopic (exact) mass is 342 g/mol. The predicted molar refractivity (Wildman–Crippen MR) is 90.9 cm³/mol. The first-order valence-electron chi connectivity index (χ1n) is 8.28. The number of nitrogens with zero attached hydrogens (tertiary/aromatic N) is 2. The largest absolute Gasteiger partial charge is 0.449 e. The summed E-state index contributed by atoms with van der Waals surface area (Å²) in [7, 11) is 0. The van der Waals surface area contributed by atoms with Gasteiger partial charge < -0.3 is 18.8 Å². The maximum absolute atomic E-state index is 12.7. The van der Waals surface area contributed by atoms with Crippen LogP contribution in [-0.4, -0.2) is 54.4 Å². The van der Waals surface area contributed by atoms with Crippen LogP contribution in [0.2, 0.25) is 0 Å². The Morgan fingerprint density at radius 2 is 1.92 bits per heavy atom. The fourth-order valence-corrected chi connectivity index (χ4v) is 3.14. The Balaban J connectivity index is 1.83. The smallest absolute Gasteiger partial charge is 0.419 e. The van der Waals surface area contributed by atoms with Gasteiger partial charge in [0.15, 0.2) is 11.3 Å². The molecule has 0 saturated carbocycles. The summed E-state index contributed by atoms with van der Waals surface area (Å²) < 4.78 is 17.7. The van der Waals surface area contributed by atoms with Crippen LogP contribution in [0.3, 0.4) is 0 Å². The van der Waals surface area contributed by atoms with E-state index in [0.717, 1.165) is 5.39 Å². The molecule has 0 aliphatic carbocycles. The van der Waals surface area contributed by atoms with Crippen molar-refractivity contribution in [1.82, 2.24) is 9.47 Å². The zero-order valence-electron chi connectivity index (χ0n) is 13.9. The third-order valence-corrected chi connectivity index (χ3v) is 4.30. The molecule has 1 aliphatic rings. The zero-order valence-corrected chi connectivity index (χ0v) is 13.9. The lowest BCUT2D eigenvalue weighted by molar-refractivity contribution is 0.0284. The van der Waals surface area contributed by atoms with Gasteiger partial charge in [0.2, 0.25) is 0 Å². The molecule has 1 fully saturated rings. The van der Waals surface area contributed by atoms with Crippen LogP contribution in [0.5, 0.6) is 0 Å². The number of carbonyl (C=O) groups excluding carboxylic acids is 2. The van der Waals surface area contributed by atoms with Crippen LogP contribution in [0.1, 0.15) is 17.5 Å². The first kappa shape index (κ1) is 15.7. The Morgan fingerprint density at radius 1 is 1.16 bits per heavy atom. The van der Waals surface area contributed by atoms with E-state index in [4.69, 9.17) is 13.9 Å². The SMILES string of the molecule is CCOC(=O)n1c2ccccc2c2oc(C(=O)N3CCOCC3)cc21. The van der Waals surface area contributed by atoms with E-state index in [1.165, 1.54) is 4.57 Å². The van der Waals surface area contributed by atoms with Gasteiger partial charge in [0.1, 0.15) is 0 Å². The Bertz CT molecular complexity index is 949. The number of aromatic nitrogens is 1. The lowest BCUT2D eigenvalue weighted by atomic mass is 10.2. The average molecular weight is 342 g/mol. The number of morpholine rings is 1. The molecule has 0 N–H and O–H groups in total. The number of hydrogen-bond donors (Lipinski definition) is 0. The first-order valence-corrected chi connectivity index (χ1v) is 8.28. The number of carbonyl (C=O) groups is 2. The second-order valence-corrected chi connectivity index (χ2v) is 5.78. The summed E-state index contributed by atoms with van der Waals surface area (Å²) in [5.74, 6) is 0.0229. The Morgan fingerprint density at radius 3 is 2.68 bits per heavy atom. The summed E-state index contributed by atoms with van der Waals surface area (Å²) in [5, 5.41) is 0.770. The standard InChI is InChI=1S/C18H18N2O5/c1-2-24-18(22)20-13-6-4-3-5-12(13)16-14(20)11-15(25-16)17(21)19-7-9-23-10-8-19/h3-6,11H,2,7-10H2,1H3. The van der Waals surface area contributed by atoms with Crippen LogP contribution in [0, 0.1) is 0 Å². The fourth-order valence-electron chi connectivity index (χ4n) is 3.14. The van der Waals surface area contributed by atoms with Crippen molar-refractivity contribution in [1.29, 1.82) is 0 Å². The van der Waals surface area contributed by atoms with Crippen LogP contribution in [0.15, 0.2) is 34.7 Å². The summed E-state index contributed by atoms with van der Waals surface area (Å²) in [6.45, 7) is 4.12. The molecule has 4 rings (SSSR count). The van der Waals surface area contributed by atoms with Gasteiger partial charge in [-0.1, -0.05) is 12.1 Å². The van der Waals surface area contributed by atoms with Crippen molar-refractivity contribution < 1.29 is 23.5 Å². The highest BCUT2D eigenvalue weighted by Crippen LogP contribution is 2.32. The number of para-hydroxylation sites is 1. The fraction of sp³-hybridized carbons (Fsp3) is 0.333. The van der Waals surface area contributed by atoms with Gasteiger partial charge in [-0.25, -0.2) is 9.36 Å². The molecule has 2 aromatic heterocycles. The minimum Gasteiger partial charge on any atom is -0.449 e. The predicted octanol–water partition coefficient (Wildman–Crippen LogP) is 2.86. The maximum Gasteiger partial charge on any atom is 0.419 e. The van der Waals surface area contributed by atoms with Crippen molar-refractivity contribution in [2.45, 2.75) is 6.92 Å². The van der Waals surface area contributed by atoms with Crippen LogP contribution in [0.25, 0.3) is 22.0 Å². The summed E-state index contributed by atoms with van der Waals surface area (Å²) in [6, 6.07) is 9.01. The van der Waals surface area contributed by atoms with Crippen molar-refractivity contribution in [2.24, 2.45) is 0 Å². The minimum absolute atomic E-state index is 0.195. The molecule has 1 saturated heterocycles. The molecule has 0 unspecified atom stereocenters. The number of rotatable bonds is 2. The minimum atomic E-state index is -0.486. The van der Waals surface area contributed by atoms with Gasteiger partial charge in [-0.15, -0.1) is 0 Å². The Kier molecular flexibility index (Phi) is 3.93. The van der Waals surface area contributed by atoms with Gasteiger partial charge in [-0.05, 0) is 19.1 Å². The van der Waals surface area contributed by atoms with E-state index in [0.29, 0.717) is 42.9 Å². The van der Waals surface area contributed by atoms with E-state index in [1.807, 2.05) is 24.3 Å². The molecule has 0 bridgehead atoms. The quantitative estimate of drug-likeness (QED) is 0.716. The maximum atomic E-state index is 12.7. The molecular weight excluding hydrogens is 324 g/mol. The number of amides is 1. The van der Waals surface area contributed by atoms with Gasteiger partial charge in [0.25, 0.3) is 5.91 Å². The molecule has 0 atom stereocenters. The first-order chi connectivity index (χ1) is 12.2. The second-order valence-electron chi connectivity index (χ2n) is 5.78. The molecule has 3 aromatic rings. The van der Waals surface area contributed by atoms with Crippen LogP contribution in [0.4, 0.5) is 4.79 Å². The van der Waals surface area contributed by atoms with Crippen molar-refractivity contribution in [3.05, 3.63) is 36.1 Å². The van der Waals surface area contributed by atoms with Crippen molar-refractivity contribution >= 4 is 34.0 Å². The highest BCUT2D eigenvalue weighted by molar-refractivity contribution is 6.11. The molecule has 7 nitrogen and oxygen atoms in total. The molecule has 130 valence electrons. The average Bonchev–Trinajstić information content (AvgIpc) is 3.19. The van der Waals surface area contributed by atoms with Crippen molar-refractivity contribution in [3.8, 4) is 0 Å². The normalized spacial score (nSPS) is 15.0. The molecule has 1 amide bonds. The Labute approximate surface area is 143 Å². The number of benzene rings is 1. The van der Waals surface area contributed by atoms with E-state index < -0.39 is 6.09 Å². The third kappa shape index (κ3) is 2.56. The molecule has 25 heavy (non-hydrogen) atoms. The number of ether oxygens (including phenoxy) is 2. The van der Waals surface area contributed by atoms with Crippen LogP contribution >= 0.6 is 0 Å². The van der Waals surface area contributed by atoms with Gasteiger partial charge in [0.05, 0.1) is 30.9 Å². The summed E-state index contributed by atoms with van der Waals surface area (Å²) in [6.07, 6.45) is -0.486. The summed E-state index contributed by atoms with van der Waals surface area (Å²) in [4.78, 5) is 26.8. The highest BCUT2D eigenvalue weighted by Gasteiger charge is 2.26. The molecule has 3 heterocycles. The van der Waals surface area contributed by atoms with E-state index in [2.05, 4.69) is 0 Å². The van der Waals surface area contributed by atoms with Gasteiger partial charge in [-0.2, -0.15) is 0 Å². The Hall–Kier alpha value is -2.80. The van der Waals surface area contributed by atoms with E-state index in [9.17, 15) is 9.59 Å². The topological polar surface area (TPSA) is 73.9 Å². The van der Waals surface area contributed by atoms with E-state index in [-0.39, 0.29) is 18.3 Å². The molecule has 0 spiro atoms. The van der Waals surface area contributed by atoms with Gasteiger partial charge in [0, 0.05) is 24.5 Å². The van der Waals surface area contributed by atoms with Crippen molar-refractivity contribution in [2.75, 3.05) is 32.9 Å². The second kappa shape index (κ2) is 6.25. The summed E-state index contributed by atoms with van der Waals surface area (Å²) in [5.41, 5.74) is 1.75. The van der Waals surface area contributed by atoms with Gasteiger partial charge >= 0.3 is 6.09 Å². The third-order valence-electron chi connectivity index (χ3n) is 4.30. The number of furan rings is 1. The zero-order chi connectivity index (χ0) is 17.4.